The Labute approximate surface area is 128 Å². The first kappa shape index (κ1) is 15.7. The second-order valence-corrected chi connectivity index (χ2v) is 6.52. The Balaban J connectivity index is 2.16. The first-order chi connectivity index (χ1) is 9.63. The third kappa shape index (κ3) is 3.67. The molecule has 2 rings (SSSR count). The molecule has 1 saturated heterocycles. The zero-order valence-corrected chi connectivity index (χ0v) is 13.7. The molecule has 0 aliphatic carbocycles. The molecular formula is C17H27ClN2. The number of halogens is 1. The molecular weight excluding hydrogens is 268 g/mol. The van der Waals surface area contributed by atoms with Gasteiger partial charge in [0.05, 0.1) is 10.7 Å². The maximum atomic E-state index is 6.49. The summed E-state index contributed by atoms with van der Waals surface area (Å²) in [6, 6.07) is 6.28. The van der Waals surface area contributed by atoms with Gasteiger partial charge in [-0.1, -0.05) is 44.5 Å². The Morgan fingerprint density at radius 1 is 1.30 bits per heavy atom. The Morgan fingerprint density at radius 2 is 2.10 bits per heavy atom. The van der Waals surface area contributed by atoms with Gasteiger partial charge in [0, 0.05) is 19.6 Å². The van der Waals surface area contributed by atoms with Crippen molar-refractivity contribution in [1.82, 2.24) is 5.32 Å². The fourth-order valence-corrected chi connectivity index (χ4v) is 3.24. The average Bonchev–Trinajstić information content (AvgIpc) is 2.43. The molecule has 3 heteroatoms. The zero-order valence-electron chi connectivity index (χ0n) is 13.0. The van der Waals surface area contributed by atoms with E-state index in [-0.39, 0.29) is 0 Å². The lowest BCUT2D eigenvalue weighted by Crippen LogP contribution is -2.39. The number of para-hydroxylation sites is 1. The first-order valence-electron chi connectivity index (χ1n) is 7.86. The van der Waals surface area contributed by atoms with Crippen LogP contribution in [0, 0.1) is 11.8 Å². The summed E-state index contributed by atoms with van der Waals surface area (Å²) in [6.07, 6.45) is 2.42. The largest absolute Gasteiger partial charge is 0.370 e. The van der Waals surface area contributed by atoms with Crippen LogP contribution in [-0.2, 0) is 6.54 Å². The van der Waals surface area contributed by atoms with Crippen LogP contribution in [0.15, 0.2) is 18.2 Å². The van der Waals surface area contributed by atoms with Crippen LogP contribution in [0.2, 0.25) is 5.02 Å². The molecule has 0 spiro atoms. The molecule has 1 aromatic carbocycles. The summed E-state index contributed by atoms with van der Waals surface area (Å²) in [4.78, 5) is 2.48. The highest BCUT2D eigenvalue weighted by molar-refractivity contribution is 6.33. The van der Waals surface area contributed by atoms with Crippen LogP contribution in [0.1, 0.15) is 39.2 Å². The number of hydrogen-bond donors (Lipinski definition) is 1. The molecule has 2 atom stereocenters. The molecule has 0 bridgehead atoms. The number of benzene rings is 1. The highest BCUT2D eigenvalue weighted by atomic mass is 35.5. The van der Waals surface area contributed by atoms with Gasteiger partial charge in [0.25, 0.3) is 0 Å². The van der Waals surface area contributed by atoms with E-state index in [0.717, 1.165) is 49.5 Å². The van der Waals surface area contributed by atoms with Crippen molar-refractivity contribution in [3.05, 3.63) is 28.8 Å². The molecule has 2 unspecified atom stereocenters. The fraction of sp³-hybridized carbons (Fsp3) is 0.647. The van der Waals surface area contributed by atoms with E-state index in [0.29, 0.717) is 0 Å². The number of hydrogen-bond acceptors (Lipinski definition) is 2. The molecule has 20 heavy (non-hydrogen) atoms. The predicted octanol–water partition coefficient (Wildman–Crippen LogP) is 4.32. The standard InChI is InChI=1S/C17H27ClN2/c1-4-9-19-11-15-6-5-7-16(18)17(15)20-10-8-13(2)14(3)12-20/h5-7,13-14,19H,4,8-12H2,1-3H3. The SMILES string of the molecule is CCCNCc1cccc(Cl)c1N1CCC(C)C(C)C1. The van der Waals surface area contributed by atoms with Crippen LogP contribution in [-0.4, -0.2) is 19.6 Å². The zero-order chi connectivity index (χ0) is 14.5. The lowest BCUT2D eigenvalue weighted by Gasteiger charge is -2.38. The van der Waals surface area contributed by atoms with Gasteiger partial charge in [-0.05, 0) is 42.9 Å². The maximum Gasteiger partial charge on any atom is 0.0642 e. The first-order valence-corrected chi connectivity index (χ1v) is 8.24. The average molecular weight is 295 g/mol. The summed E-state index contributed by atoms with van der Waals surface area (Å²) in [5.74, 6) is 1.55. The maximum absolute atomic E-state index is 6.49. The fourth-order valence-electron chi connectivity index (χ4n) is 2.92. The Morgan fingerprint density at radius 3 is 2.80 bits per heavy atom. The van der Waals surface area contributed by atoms with E-state index in [2.05, 4.69) is 43.1 Å². The topological polar surface area (TPSA) is 15.3 Å². The third-order valence-electron chi connectivity index (χ3n) is 4.46. The van der Waals surface area contributed by atoms with E-state index in [9.17, 15) is 0 Å². The van der Waals surface area contributed by atoms with E-state index >= 15 is 0 Å². The minimum Gasteiger partial charge on any atom is -0.370 e. The monoisotopic (exact) mass is 294 g/mol. The molecule has 2 nitrogen and oxygen atoms in total. The van der Waals surface area contributed by atoms with Crippen LogP contribution in [0.4, 0.5) is 5.69 Å². The Kier molecular flexibility index (Phi) is 5.74. The van der Waals surface area contributed by atoms with Crippen molar-refractivity contribution in [1.29, 1.82) is 0 Å². The van der Waals surface area contributed by atoms with Crippen LogP contribution in [0.5, 0.6) is 0 Å². The normalized spacial score (nSPS) is 23.1. The molecule has 1 aliphatic rings. The van der Waals surface area contributed by atoms with Crippen LogP contribution in [0.25, 0.3) is 0 Å². The second kappa shape index (κ2) is 7.33. The van der Waals surface area contributed by atoms with Crippen molar-refractivity contribution in [2.45, 2.75) is 40.2 Å². The number of rotatable bonds is 5. The molecule has 112 valence electrons. The molecule has 1 N–H and O–H groups in total. The highest BCUT2D eigenvalue weighted by Gasteiger charge is 2.25. The highest BCUT2D eigenvalue weighted by Crippen LogP contribution is 2.34. The number of piperidine rings is 1. The van der Waals surface area contributed by atoms with Gasteiger partial charge < -0.3 is 10.2 Å². The van der Waals surface area contributed by atoms with Gasteiger partial charge in [0.1, 0.15) is 0 Å². The van der Waals surface area contributed by atoms with Crippen LogP contribution < -0.4 is 10.2 Å². The molecule has 1 aliphatic heterocycles. The lowest BCUT2D eigenvalue weighted by molar-refractivity contribution is 0.323. The van der Waals surface area contributed by atoms with Crippen molar-refractivity contribution in [3.8, 4) is 0 Å². The lowest BCUT2D eigenvalue weighted by atomic mass is 9.88. The van der Waals surface area contributed by atoms with Crippen LogP contribution >= 0.6 is 11.6 Å². The van der Waals surface area contributed by atoms with E-state index < -0.39 is 0 Å². The van der Waals surface area contributed by atoms with Crippen molar-refractivity contribution in [3.63, 3.8) is 0 Å². The summed E-state index contributed by atoms with van der Waals surface area (Å²) in [7, 11) is 0. The summed E-state index contributed by atoms with van der Waals surface area (Å²) in [6.45, 7) is 11.1. The van der Waals surface area contributed by atoms with E-state index in [1.54, 1.807) is 0 Å². The summed E-state index contributed by atoms with van der Waals surface area (Å²) in [5, 5.41) is 4.38. The molecule has 0 aromatic heterocycles. The van der Waals surface area contributed by atoms with Gasteiger partial charge >= 0.3 is 0 Å². The summed E-state index contributed by atoms with van der Waals surface area (Å²) in [5.41, 5.74) is 2.57. The smallest absolute Gasteiger partial charge is 0.0642 e. The predicted molar refractivity (Wildman–Crippen MR) is 88.6 cm³/mol. The van der Waals surface area contributed by atoms with Gasteiger partial charge in [-0.25, -0.2) is 0 Å². The van der Waals surface area contributed by atoms with E-state index in [1.807, 2.05) is 6.07 Å². The van der Waals surface area contributed by atoms with E-state index in [4.69, 9.17) is 11.6 Å². The van der Waals surface area contributed by atoms with E-state index in [1.165, 1.54) is 17.7 Å². The minimum absolute atomic E-state index is 0.733. The van der Waals surface area contributed by atoms with Crippen molar-refractivity contribution >= 4 is 17.3 Å². The van der Waals surface area contributed by atoms with Gasteiger partial charge in [0.15, 0.2) is 0 Å². The van der Waals surface area contributed by atoms with Crippen molar-refractivity contribution in [2.24, 2.45) is 11.8 Å². The van der Waals surface area contributed by atoms with Gasteiger partial charge in [-0.15, -0.1) is 0 Å². The minimum atomic E-state index is 0.733. The van der Waals surface area contributed by atoms with Gasteiger partial charge in [-0.2, -0.15) is 0 Å². The molecule has 1 heterocycles. The molecule has 0 amide bonds. The second-order valence-electron chi connectivity index (χ2n) is 6.11. The quantitative estimate of drug-likeness (QED) is 0.814. The number of nitrogens with zero attached hydrogens (tertiary/aromatic N) is 1. The Hall–Kier alpha value is -0.730. The van der Waals surface area contributed by atoms with Gasteiger partial charge in [0.2, 0.25) is 0 Å². The molecule has 1 fully saturated rings. The third-order valence-corrected chi connectivity index (χ3v) is 4.77. The van der Waals surface area contributed by atoms with Crippen molar-refractivity contribution < 1.29 is 0 Å². The Bertz CT molecular complexity index is 433. The molecule has 0 saturated carbocycles. The molecule has 0 radical (unpaired) electrons. The summed E-state index contributed by atoms with van der Waals surface area (Å²) >= 11 is 6.49. The number of nitrogens with one attached hydrogen (secondary N) is 1. The number of anilines is 1. The van der Waals surface area contributed by atoms with Crippen LogP contribution in [0.3, 0.4) is 0 Å². The van der Waals surface area contributed by atoms with Gasteiger partial charge in [-0.3, -0.25) is 0 Å². The summed E-state index contributed by atoms with van der Waals surface area (Å²) < 4.78 is 0. The molecule has 1 aromatic rings. The van der Waals surface area contributed by atoms with Crippen molar-refractivity contribution in [2.75, 3.05) is 24.5 Å².